The molecule has 4 aromatic carbocycles. The molecule has 0 unspecified atom stereocenters. The molecule has 5 aromatic rings. The van der Waals surface area contributed by atoms with E-state index in [4.69, 9.17) is 9.97 Å². The summed E-state index contributed by atoms with van der Waals surface area (Å²) in [5.41, 5.74) is 9.36. The topological polar surface area (TPSA) is 32.3 Å². The lowest BCUT2D eigenvalue weighted by Gasteiger charge is -2.44. The average molecular weight is 495 g/mol. The second kappa shape index (κ2) is 8.03. The Morgan fingerprint density at radius 1 is 0.421 bits per heavy atom. The van der Waals surface area contributed by atoms with Crippen LogP contribution in [0.15, 0.2) is 109 Å². The van der Waals surface area contributed by atoms with Gasteiger partial charge in [-0.1, -0.05) is 100 Å². The van der Waals surface area contributed by atoms with Crippen molar-refractivity contribution in [1.82, 2.24) is 9.97 Å². The maximum atomic E-state index is 5.03. The van der Waals surface area contributed by atoms with Crippen LogP contribution in [-0.4, -0.2) is 9.97 Å². The Hall–Kier alpha value is -4.44. The van der Waals surface area contributed by atoms with Gasteiger partial charge in [0, 0.05) is 23.2 Å². The number of anilines is 6. The summed E-state index contributed by atoms with van der Waals surface area (Å²) >= 11 is 0. The Bertz CT molecular complexity index is 1480. The summed E-state index contributed by atoms with van der Waals surface area (Å²) in [5, 5.41) is 0. The van der Waals surface area contributed by atoms with E-state index in [0.29, 0.717) is 0 Å². The van der Waals surface area contributed by atoms with Crippen LogP contribution in [-0.2, 0) is 10.8 Å². The molecule has 4 heteroatoms. The number of nitrogens with zero attached hydrogens (tertiary/aromatic N) is 4. The van der Waals surface area contributed by atoms with Crippen molar-refractivity contribution in [3.05, 3.63) is 132 Å². The van der Waals surface area contributed by atoms with Crippen LogP contribution in [0.3, 0.4) is 0 Å². The lowest BCUT2D eigenvalue weighted by Crippen LogP contribution is -2.33. The number of para-hydroxylation sites is 4. The lowest BCUT2D eigenvalue weighted by atomic mass is 9.73. The maximum Gasteiger partial charge on any atom is 0.181 e. The minimum atomic E-state index is -0.138. The van der Waals surface area contributed by atoms with Crippen LogP contribution < -0.4 is 9.80 Å². The Balaban J connectivity index is 1.53. The second-order valence-electron chi connectivity index (χ2n) is 11.2. The molecule has 0 saturated carbocycles. The van der Waals surface area contributed by atoms with E-state index in [2.05, 4.69) is 135 Å². The van der Waals surface area contributed by atoms with Crippen LogP contribution >= 0.6 is 0 Å². The van der Waals surface area contributed by atoms with Crippen molar-refractivity contribution in [3.63, 3.8) is 0 Å². The lowest BCUT2D eigenvalue weighted by molar-refractivity contribution is 0.629. The third kappa shape index (κ3) is 3.03. The van der Waals surface area contributed by atoms with Crippen LogP contribution in [0.5, 0.6) is 0 Å². The summed E-state index contributed by atoms with van der Waals surface area (Å²) in [7, 11) is 0. The molecule has 2 aliphatic rings. The molecule has 0 atom stereocenters. The van der Waals surface area contributed by atoms with E-state index in [9.17, 15) is 0 Å². The highest BCUT2D eigenvalue weighted by atomic mass is 15.3. The first-order chi connectivity index (χ1) is 18.4. The van der Waals surface area contributed by atoms with Crippen LogP contribution in [0.4, 0.5) is 34.4 Å². The van der Waals surface area contributed by atoms with Crippen molar-refractivity contribution in [1.29, 1.82) is 0 Å². The molecule has 2 aliphatic heterocycles. The molecule has 1 aromatic heterocycles. The monoisotopic (exact) mass is 494 g/mol. The summed E-state index contributed by atoms with van der Waals surface area (Å²) in [4.78, 5) is 14.6. The fourth-order valence-electron chi connectivity index (χ4n) is 6.43. The number of fused-ring (bicyclic) bond motifs is 4. The quantitative estimate of drug-likeness (QED) is 0.246. The van der Waals surface area contributed by atoms with Crippen molar-refractivity contribution < 1.29 is 0 Å². The van der Waals surface area contributed by atoms with Gasteiger partial charge in [-0.25, -0.2) is 9.97 Å². The fourth-order valence-corrected chi connectivity index (χ4v) is 6.43. The molecule has 0 spiro atoms. The minimum absolute atomic E-state index is 0.138. The summed E-state index contributed by atoms with van der Waals surface area (Å²) in [6, 6.07) is 34.7. The van der Waals surface area contributed by atoms with E-state index in [1.807, 2.05) is 0 Å². The Morgan fingerprint density at radius 3 is 0.974 bits per heavy atom. The number of hydrogen-bond donors (Lipinski definition) is 0. The van der Waals surface area contributed by atoms with Gasteiger partial charge in [0.25, 0.3) is 0 Å². The third-order valence-electron chi connectivity index (χ3n) is 8.36. The van der Waals surface area contributed by atoms with Gasteiger partial charge >= 0.3 is 0 Å². The fraction of sp³-hybridized carbons (Fsp3) is 0.176. The molecule has 3 heterocycles. The molecule has 4 nitrogen and oxygen atoms in total. The van der Waals surface area contributed by atoms with Crippen molar-refractivity contribution >= 4 is 34.4 Å². The van der Waals surface area contributed by atoms with Gasteiger partial charge < -0.3 is 0 Å². The predicted molar refractivity (Wildman–Crippen MR) is 156 cm³/mol. The molecular formula is C34H30N4. The predicted octanol–water partition coefficient (Wildman–Crippen LogP) is 8.69. The Kier molecular flexibility index (Phi) is 4.80. The van der Waals surface area contributed by atoms with E-state index in [1.165, 1.54) is 22.3 Å². The van der Waals surface area contributed by atoms with Gasteiger partial charge in [0.15, 0.2) is 11.6 Å². The van der Waals surface area contributed by atoms with Gasteiger partial charge in [-0.2, -0.15) is 0 Å². The molecule has 38 heavy (non-hydrogen) atoms. The molecule has 0 fully saturated rings. The molecule has 186 valence electrons. The minimum Gasteiger partial charge on any atom is -0.291 e. The third-order valence-corrected chi connectivity index (χ3v) is 8.36. The molecule has 0 radical (unpaired) electrons. The molecule has 0 amide bonds. The standard InChI is InChI=1S/C34H30N4/c1-33(2)23-13-5-9-17-27(23)37(28-18-10-6-14-24(28)33)31-32(36-22-21-35-31)38-29-19-11-7-15-25(29)34(3,4)26-16-8-12-20-30(26)38/h5-22H,1-4H3. The molecule has 7 rings (SSSR count). The van der Waals surface area contributed by atoms with Crippen LogP contribution in [0.2, 0.25) is 0 Å². The summed E-state index contributed by atoms with van der Waals surface area (Å²) in [6.07, 6.45) is 3.60. The zero-order valence-corrected chi connectivity index (χ0v) is 22.2. The van der Waals surface area contributed by atoms with Gasteiger partial charge in [0.05, 0.1) is 22.7 Å². The zero-order valence-electron chi connectivity index (χ0n) is 22.2. The van der Waals surface area contributed by atoms with Crippen molar-refractivity contribution in [2.24, 2.45) is 0 Å². The van der Waals surface area contributed by atoms with Gasteiger partial charge in [-0.05, 0) is 46.5 Å². The number of benzene rings is 4. The molecular weight excluding hydrogens is 464 g/mol. The number of aromatic nitrogens is 2. The van der Waals surface area contributed by atoms with E-state index in [0.717, 1.165) is 34.4 Å². The highest BCUT2D eigenvalue weighted by Gasteiger charge is 2.41. The maximum absolute atomic E-state index is 5.03. The Labute approximate surface area is 224 Å². The largest absolute Gasteiger partial charge is 0.291 e. The Morgan fingerprint density at radius 2 is 0.684 bits per heavy atom. The summed E-state index contributed by atoms with van der Waals surface area (Å²) in [6.45, 7) is 9.22. The first-order valence-electron chi connectivity index (χ1n) is 13.2. The van der Waals surface area contributed by atoms with E-state index >= 15 is 0 Å². The zero-order chi connectivity index (χ0) is 26.1. The first-order valence-corrected chi connectivity index (χ1v) is 13.2. The molecule has 0 aliphatic carbocycles. The highest BCUT2D eigenvalue weighted by Crippen LogP contribution is 2.56. The van der Waals surface area contributed by atoms with Gasteiger partial charge in [0.2, 0.25) is 0 Å². The van der Waals surface area contributed by atoms with Crippen LogP contribution in [0, 0.1) is 0 Å². The molecule has 0 saturated heterocycles. The number of rotatable bonds is 2. The highest BCUT2D eigenvalue weighted by molar-refractivity contribution is 5.93. The van der Waals surface area contributed by atoms with Crippen LogP contribution in [0.25, 0.3) is 0 Å². The van der Waals surface area contributed by atoms with E-state index < -0.39 is 0 Å². The smallest absolute Gasteiger partial charge is 0.181 e. The van der Waals surface area contributed by atoms with E-state index in [-0.39, 0.29) is 10.8 Å². The summed E-state index contributed by atoms with van der Waals surface area (Å²) < 4.78 is 0. The number of hydrogen-bond acceptors (Lipinski definition) is 4. The van der Waals surface area contributed by atoms with Gasteiger partial charge in [-0.15, -0.1) is 0 Å². The van der Waals surface area contributed by atoms with E-state index in [1.54, 1.807) is 12.4 Å². The average Bonchev–Trinajstić information content (AvgIpc) is 2.94. The molecule has 0 N–H and O–H groups in total. The van der Waals surface area contributed by atoms with Crippen molar-refractivity contribution in [2.45, 2.75) is 38.5 Å². The SMILES string of the molecule is CC1(C)c2ccccc2N(c2nccnc2N2c3ccccc3C(C)(C)c3ccccc32)c2ccccc21. The van der Waals surface area contributed by atoms with Crippen molar-refractivity contribution in [3.8, 4) is 0 Å². The van der Waals surface area contributed by atoms with Crippen molar-refractivity contribution in [2.75, 3.05) is 9.80 Å². The normalized spacial score (nSPS) is 16.2. The molecule has 0 bridgehead atoms. The van der Waals surface area contributed by atoms with Crippen LogP contribution in [0.1, 0.15) is 49.9 Å². The second-order valence-corrected chi connectivity index (χ2v) is 11.2. The first kappa shape index (κ1) is 22.7. The van der Waals surface area contributed by atoms with Gasteiger partial charge in [-0.3, -0.25) is 9.80 Å². The van der Waals surface area contributed by atoms with Gasteiger partial charge in [0.1, 0.15) is 0 Å². The summed E-state index contributed by atoms with van der Waals surface area (Å²) in [5.74, 6) is 1.62.